The second-order valence-electron chi connectivity index (χ2n) is 5.34. The van der Waals surface area contributed by atoms with E-state index in [-0.39, 0.29) is 0 Å². The molecule has 92 valence electrons. The Bertz CT molecular complexity index is 369. The van der Waals surface area contributed by atoms with E-state index in [1.807, 2.05) is 0 Å². The molecule has 2 nitrogen and oxygen atoms in total. The lowest BCUT2D eigenvalue weighted by Gasteiger charge is -2.25. The predicted octanol–water partition coefficient (Wildman–Crippen LogP) is 3.01. The van der Waals surface area contributed by atoms with Crippen molar-refractivity contribution in [3.05, 3.63) is 35.4 Å². The lowest BCUT2D eigenvalue weighted by molar-refractivity contribution is -0.00868. The molecule has 0 unspecified atom stereocenters. The first-order valence-corrected chi connectivity index (χ1v) is 6.83. The summed E-state index contributed by atoms with van der Waals surface area (Å²) in [6, 6.07) is 9.56. The lowest BCUT2D eigenvalue weighted by atomic mass is 9.96. The fourth-order valence-electron chi connectivity index (χ4n) is 2.13. The van der Waals surface area contributed by atoms with E-state index < -0.39 is 0 Å². The molecule has 0 aromatic heterocycles. The normalized spacial score (nSPS) is 20.2. The number of nitrogens with one attached hydrogen (secondary N) is 1. The third kappa shape index (κ3) is 3.30. The summed E-state index contributed by atoms with van der Waals surface area (Å²) in [7, 11) is 0. The van der Waals surface area contributed by atoms with Gasteiger partial charge in [-0.3, -0.25) is 0 Å². The molecule has 2 heteroatoms. The highest BCUT2D eigenvalue weighted by Gasteiger charge is 2.20. The van der Waals surface area contributed by atoms with Gasteiger partial charge in [0.25, 0.3) is 0 Å². The van der Waals surface area contributed by atoms with E-state index in [0.29, 0.717) is 6.10 Å². The fourth-order valence-corrected chi connectivity index (χ4v) is 2.13. The van der Waals surface area contributed by atoms with Crippen LogP contribution < -0.4 is 5.32 Å². The van der Waals surface area contributed by atoms with Gasteiger partial charge in [-0.2, -0.15) is 0 Å². The van der Waals surface area contributed by atoms with Gasteiger partial charge in [-0.05, 0) is 43.2 Å². The minimum absolute atomic E-state index is 0.531. The van der Waals surface area contributed by atoms with Gasteiger partial charge < -0.3 is 10.1 Å². The van der Waals surface area contributed by atoms with E-state index in [0.717, 1.165) is 19.2 Å². The van der Waals surface area contributed by atoms with E-state index in [4.69, 9.17) is 4.74 Å². The number of benzene rings is 1. The van der Waals surface area contributed by atoms with Crippen LogP contribution in [0.15, 0.2) is 24.3 Å². The van der Waals surface area contributed by atoms with E-state index >= 15 is 0 Å². The van der Waals surface area contributed by atoms with Crippen LogP contribution in [0.3, 0.4) is 0 Å². The van der Waals surface area contributed by atoms with Crippen molar-refractivity contribution in [1.82, 2.24) is 5.32 Å². The van der Waals surface area contributed by atoms with Crippen molar-refractivity contribution in [2.45, 2.75) is 57.4 Å². The second-order valence-corrected chi connectivity index (χ2v) is 5.34. The maximum atomic E-state index is 5.84. The molecular weight excluding hydrogens is 210 g/mol. The summed E-state index contributed by atoms with van der Waals surface area (Å²) in [5, 5.41) is 3.55. The molecule has 0 heterocycles. The molecule has 0 spiro atoms. The summed E-state index contributed by atoms with van der Waals surface area (Å²) in [6.07, 6.45) is 7.08. The minimum atomic E-state index is 0.531. The van der Waals surface area contributed by atoms with Crippen LogP contribution in [-0.2, 0) is 17.9 Å². The molecule has 0 atom stereocenters. The molecule has 2 saturated carbocycles. The summed E-state index contributed by atoms with van der Waals surface area (Å²) >= 11 is 0. The molecule has 2 aliphatic rings. The quantitative estimate of drug-likeness (QED) is 0.812. The van der Waals surface area contributed by atoms with Crippen molar-refractivity contribution in [3.63, 3.8) is 0 Å². The topological polar surface area (TPSA) is 21.3 Å². The number of ether oxygens (including phenoxy) is 1. The molecule has 0 aliphatic heterocycles. The average molecular weight is 231 g/mol. The first-order chi connectivity index (χ1) is 8.40. The van der Waals surface area contributed by atoms with Crippen molar-refractivity contribution in [2.75, 3.05) is 0 Å². The van der Waals surface area contributed by atoms with Crippen LogP contribution in [0.2, 0.25) is 0 Å². The molecule has 0 radical (unpaired) electrons. The van der Waals surface area contributed by atoms with Crippen molar-refractivity contribution in [2.24, 2.45) is 0 Å². The summed E-state index contributed by atoms with van der Waals surface area (Å²) < 4.78 is 5.84. The Kier molecular flexibility index (Phi) is 3.44. The van der Waals surface area contributed by atoms with Crippen LogP contribution >= 0.6 is 0 Å². The smallest absolute Gasteiger partial charge is 0.0720 e. The van der Waals surface area contributed by atoms with Crippen molar-refractivity contribution < 1.29 is 4.74 Å². The highest BCUT2D eigenvalue weighted by atomic mass is 16.5. The largest absolute Gasteiger partial charge is 0.374 e. The zero-order valence-corrected chi connectivity index (χ0v) is 10.3. The van der Waals surface area contributed by atoms with E-state index in [1.165, 1.54) is 43.2 Å². The van der Waals surface area contributed by atoms with Crippen LogP contribution in [0, 0.1) is 0 Å². The standard InChI is InChI=1S/C15H21NO/c1-3-12(10-16-14-7-8-14)9-13(4-1)11-17-15-5-2-6-15/h1,3-4,9,14-16H,2,5-8,10-11H2. The summed E-state index contributed by atoms with van der Waals surface area (Å²) in [4.78, 5) is 0. The van der Waals surface area contributed by atoms with Gasteiger partial charge in [-0.1, -0.05) is 24.3 Å². The van der Waals surface area contributed by atoms with Crippen LogP contribution in [0.25, 0.3) is 0 Å². The van der Waals surface area contributed by atoms with Gasteiger partial charge in [0.2, 0.25) is 0 Å². The summed E-state index contributed by atoms with van der Waals surface area (Å²) in [6.45, 7) is 1.78. The van der Waals surface area contributed by atoms with Crippen LogP contribution in [0.4, 0.5) is 0 Å². The van der Waals surface area contributed by atoms with Crippen LogP contribution in [0.5, 0.6) is 0 Å². The average Bonchev–Trinajstić information content (AvgIpc) is 3.09. The zero-order chi connectivity index (χ0) is 11.5. The molecule has 1 aromatic carbocycles. The molecule has 2 aliphatic carbocycles. The van der Waals surface area contributed by atoms with Gasteiger partial charge in [0, 0.05) is 12.6 Å². The Morgan fingerprint density at radius 2 is 1.94 bits per heavy atom. The van der Waals surface area contributed by atoms with Crippen molar-refractivity contribution in [1.29, 1.82) is 0 Å². The molecule has 3 rings (SSSR count). The monoisotopic (exact) mass is 231 g/mol. The molecule has 1 N–H and O–H groups in total. The molecule has 0 amide bonds. The molecule has 0 saturated heterocycles. The highest BCUT2D eigenvalue weighted by molar-refractivity contribution is 5.23. The Labute approximate surface area is 103 Å². The Hall–Kier alpha value is -0.860. The number of rotatable bonds is 6. The SMILES string of the molecule is c1cc(CNC2CC2)cc(COC2CCC2)c1. The van der Waals surface area contributed by atoms with Crippen LogP contribution in [0.1, 0.15) is 43.2 Å². The molecule has 0 bridgehead atoms. The maximum Gasteiger partial charge on any atom is 0.0720 e. The first kappa shape index (κ1) is 11.2. The maximum absolute atomic E-state index is 5.84. The number of hydrogen-bond acceptors (Lipinski definition) is 2. The lowest BCUT2D eigenvalue weighted by Crippen LogP contribution is -2.21. The third-order valence-corrected chi connectivity index (χ3v) is 3.70. The summed E-state index contributed by atoms with van der Waals surface area (Å²) in [5.41, 5.74) is 2.69. The zero-order valence-electron chi connectivity index (χ0n) is 10.3. The number of hydrogen-bond donors (Lipinski definition) is 1. The minimum Gasteiger partial charge on any atom is -0.374 e. The molecule has 2 fully saturated rings. The molecular formula is C15H21NO. The summed E-state index contributed by atoms with van der Waals surface area (Å²) in [5.74, 6) is 0. The fraction of sp³-hybridized carbons (Fsp3) is 0.600. The first-order valence-electron chi connectivity index (χ1n) is 6.83. The van der Waals surface area contributed by atoms with Crippen molar-refractivity contribution in [3.8, 4) is 0 Å². The van der Waals surface area contributed by atoms with Crippen LogP contribution in [-0.4, -0.2) is 12.1 Å². The van der Waals surface area contributed by atoms with E-state index in [9.17, 15) is 0 Å². The molecule has 1 aromatic rings. The Balaban J connectivity index is 1.49. The second kappa shape index (κ2) is 5.19. The Morgan fingerprint density at radius 1 is 1.12 bits per heavy atom. The Morgan fingerprint density at radius 3 is 2.65 bits per heavy atom. The van der Waals surface area contributed by atoms with E-state index in [2.05, 4.69) is 29.6 Å². The highest BCUT2D eigenvalue weighted by Crippen LogP contribution is 2.23. The third-order valence-electron chi connectivity index (χ3n) is 3.70. The van der Waals surface area contributed by atoms with Gasteiger partial charge in [0.1, 0.15) is 0 Å². The van der Waals surface area contributed by atoms with Gasteiger partial charge in [-0.15, -0.1) is 0 Å². The van der Waals surface area contributed by atoms with Crippen molar-refractivity contribution >= 4 is 0 Å². The van der Waals surface area contributed by atoms with E-state index in [1.54, 1.807) is 0 Å². The molecule has 17 heavy (non-hydrogen) atoms. The van der Waals surface area contributed by atoms with Gasteiger partial charge in [0.15, 0.2) is 0 Å². The van der Waals surface area contributed by atoms with Gasteiger partial charge >= 0.3 is 0 Å². The van der Waals surface area contributed by atoms with Gasteiger partial charge in [0.05, 0.1) is 12.7 Å². The van der Waals surface area contributed by atoms with Gasteiger partial charge in [-0.25, -0.2) is 0 Å². The predicted molar refractivity (Wildman–Crippen MR) is 68.7 cm³/mol.